The number of hydrogen-bond donors (Lipinski definition) is 4. The number of aromatic amines is 1. The summed E-state index contributed by atoms with van der Waals surface area (Å²) in [5.41, 5.74) is 2.42. The number of aromatic nitrogens is 2. The lowest BCUT2D eigenvalue weighted by Crippen LogP contribution is -2.34. The molecule has 1 saturated heterocycles. The summed E-state index contributed by atoms with van der Waals surface area (Å²) >= 11 is 0. The number of likely N-dealkylation sites (tertiary alicyclic amines) is 1. The molecular weight excluding hydrogens is 506 g/mol. The van der Waals surface area contributed by atoms with Gasteiger partial charge < -0.3 is 20.5 Å². The highest BCUT2D eigenvalue weighted by molar-refractivity contribution is 5.84. The highest BCUT2D eigenvalue weighted by Gasteiger charge is 2.27. The standard InChI is InChI=1S/C29H30F2N4O4/c30-25(31)15-32-28(38)24(26-27(37)29(39)34-18-33-26)14-21-9-5-19(6-10-21)3-4-20-7-11-22(12-8-20)16-35-13-1-2-23(35)17-36/h5-12,18,23-25,36-37H,1-2,13-17H2,(H,32,38)(H,33,34,39). The Morgan fingerprint density at radius 1 is 1.10 bits per heavy atom. The minimum absolute atomic E-state index is 0.0302. The Hall–Kier alpha value is -4.07. The summed E-state index contributed by atoms with van der Waals surface area (Å²) in [5, 5.41) is 21.8. The second-order valence-corrected chi connectivity index (χ2v) is 9.45. The summed E-state index contributed by atoms with van der Waals surface area (Å²) in [7, 11) is 0. The quantitative estimate of drug-likeness (QED) is 0.312. The van der Waals surface area contributed by atoms with E-state index < -0.39 is 36.1 Å². The molecule has 0 aliphatic carbocycles. The predicted octanol–water partition coefficient (Wildman–Crippen LogP) is 2.54. The molecule has 10 heteroatoms. The zero-order valence-electron chi connectivity index (χ0n) is 21.2. The number of halogens is 2. The second kappa shape index (κ2) is 13.1. The van der Waals surface area contributed by atoms with Crippen LogP contribution in [0.2, 0.25) is 0 Å². The van der Waals surface area contributed by atoms with Gasteiger partial charge >= 0.3 is 0 Å². The maximum absolute atomic E-state index is 12.7. The van der Waals surface area contributed by atoms with Crippen LogP contribution >= 0.6 is 0 Å². The van der Waals surface area contributed by atoms with Crippen LogP contribution in [0.25, 0.3) is 0 Å². The monoisotopic (exact) mass is 536 g/mol. The second-order valence-electron chi connectivity index (χ2n) is 9.45. The molecule has 0 bridgehead atoms. The maximum atomic E-state index is 12.7. The molecule has 2 unspecified atom stereocenters. The predicted molar refractivity (Wildman–Crippen MR) is 141 cm³/mol. The van der Waals surface area contributed by atoms with Gasteiger partial charge in [0.15, 0.2) is 0 Å². The molecule has 1 amide bonds. The minimum atomic E-state index is -2.74. The van der Waals surface area contributed by atoms with Crippen LogP contribution < -0.4 is 10.9 Å². The molecule has 204 valence electrons. The molecule has 0 radical (unpaired) electrons. The van der Waals surface area contributed by atoms with Gasteiger partial charge in [-0.05, 0) is 61.2 Å². The van der Waals surface area contributed by atoms with Gasteiger partial charge in [-0.2, -0.15) is 0 Å². The minimum Gasteiger partial charge on any atom is -0.502 e. The number of rotatable bonds is 9. The van der Waals surface area contributed by atoms with Gasteiger partial charge in [-0.3, -0.25) is 14.5 Å². The molecule has 8 nitrogen and oxygen atoms in total. The van der Waals surface area contributed by atoms with Gasteiger partial charge in [-0.1, -0.05) is 36.1 Å². The van der Waals surface area contributed by atoms with Crippen LogP contribution in [-0.4, -0.2) is 63.2 Å². The summed E-state index contributed by atoms with van der Waals surface area (Å²) in [6, 6.07) is 15.3. The summed E-state index contributed by atoms with van der Waals surface area (Å²) in [4.78, 5) is 32.9. The first-order chi connectivity index (χ1) is 18.8. The summed E-state index contributed by atoms with van der Waals surface area (Å²) in [5.74, 6) is 3.59. The number of nitrogens with one attached hydrogen (secondary N) is 2. The molecule has 3 aromatic rings. The largest absolute Gasteiger partial charge is 0.502 e. The number of alkyl halides is 2. The molecule has 4 rings (SSSR count). The van der Waals surface area contributed by atoms with Gasteiger partial charge in [-0.25, -0.2) is 13.8 Å². The molecule has 2 atom stereocenters. The third-order valence-corrected chi connectivity index (χ3v) is 6.73. The number of benzene rings is 2. The molecule has 1 aliphatic rings. The van der Waals surface area contributed by atoms with Gasteiger partial charge in [0.1, 0.15) is 5.69 Å². The van der Waals surface area contributed by atoms with E-state index in [1.54, 1.807) is 24.3 Å². The van der Waals surface area contributed by atoms with Crippen molar-refractivity contribution in [1.82, 2.24) is 20.2 Å². The van der Waals surface area contributed by atoms with Gasteiger partial charge in [0.25, 0.3) is 12.0 Å². The van der Waals surface area contributed by atoms with Crippen molar-refractivity contribution in [3.8, 4) is 17.6 Å². The Bertz CT molecular complexity index is 1380. The summed E-state index contributed by atoms with van der Waals surface area (Å²) in [6.07, 6.45) is 0.465. The van der Waals surface area contributed by atoms with E-state index in [1.165, 1.54) is 5.56 Å². The fourth-order valence-corrected chi connectivity index (χ4v) is 4.62. The van der Waals surface area contributed by atoms with Crippen LogP contribution in [0, 0.1) is 11.8 Å². The lowest BCUT2D eigenvalue weighted by atomic mass is 9.94. The van der Waals surface area contributed by atoms with E-state index in [9.17, 15) is 28.6 Å². The third kappa shape index (κ3) is 7.50. The van der Waals surface area contributed by atoms with E-state index in [1.807, 2.05) is 24.3 Å². The van der Waals surface area contributed by atoms with E-state index in [2.05, 4.69) is 32.0 Å². The molecule has 0 spiro atoms. The number of amides is 1. The number of hydrogen-bond acceptors (Lipinski definition) is 6. The van der Waals surface area contributed by atoms with Gasteiger partial charge in [0.05, 0.1) is 25.4 Å². The number of aromatic hydroxyl groups is 1. The van der Waals surface area contributed by atoms with Crippen LogP contribution in [0.4, 0.5) is 8.78 Å². The Morgan fingerprint density at radius 3 is 2.36 bits per heavy atom. The van der Waals surface area contributed by atoms with Crippen molar-refractivity contribution >= 4 is 5.91 Å². The topological polar surface area (TPSA) is 119 Å². The first kappa shape index (κ1) is 28.0. The number of H-pyrrole nitrogens is 1. The summed E-state index contributed by atoms with van der Waals surface area (Å²) < 4.78 is 25.3. The van der Waals surface area contributed by atoms with Crippen molar-refractivity contribution in [2.45, 2.75) is 44.2 Å². The molecule has 1 aromatic heterocycles. The van der Waals surface area contributed by atoms with Crippen molar-refractivity contribution in [1.29, 1.82) is 0 Å². The first-order valence-corrected chi connectivity index (χ1v) is 12.7. The zero-order valence-corrected chi connectivity index (χ0v) is 21.2. The number of carbonyl (C=O) groups is 1. The Labute approximate surface area is 224 Å². The van der Waals surface area contributed by atoms with Gasteiger partial charge in [0.2, 0.25) is 11.7 Å². The zero-order chi connectivity index (χ0) is 27.8. The number of carbonyl (C=O) groups excluding carboxylic acids is 1. The van der Waals surface area contributed by atoms with Crippen molar-refractivity contribution in [3.05, 3.63) is 93.2 Å². The van der Waals surface area contributed by atoms with Crippen LogP contribution in [-0.2, 0) is 17.8 Å². The van der Waals surface area contributed by atoms with Crippen molar-refractivity contribution < 1.29 is 23.8 Å². The van der Waals surface area contributed by atoms with E-state index in [0.717, 1.165) is 43.4 Å². The lowest BCUT2D eigenvalue weighted by molar-refractivity contribution is -0.123. The average Bonchev–Trinajstić information content (AvgIpc) is 3.39. The number of nitrogens with zero attached hydrogens (tertiary/aromatic N) is 2. The van der Waals surface area contributed by atoms with Crippen molar-refractivity contribution in [3.63, 3.8) is 0 Å². The number of aliphatic hydroxyl groups is 1. The fraction of sp³-hybridized carbons (Fsp3) is 0.345. The molecule has 2 aromatic carbocycles. The van der Waals surface area contributed by atoms with Gasteiger partial charge in [-0.15, -0.1) is 0 Å². The lowest BCUT2D eigenvalue weighted by Gasteiger charge is -2.22. The van der Waals surface area contributed by atoms with Gasteiger partial charge in [0, 0.05) is 23.7 Å². The van der Waals surface area contributed by atoms with Crippen LogP contribution in [0.15, 0.2) is 59.7 Å². The van der Waals surface area contributed by atoms with E-state index >= 15 is 0 Å². The molecule has 0 saturated carbocycles. The van der Waals surface area contributed by atoms with Crippen LogP contribution in [0.1, 0.15) is 46.7 Å². The average molecular weight is 537 g/mol. The van der Waals surface area contributed by atoms with E-state index in [-0.39, 0.29) is 24.8 Å². The SMILES string of the molecule is O=C(NCC(F)F)C(Cc1ccc(C#Cc2ccc(CN3CCCC3CO)cc2)cc1)c1nc[nH]c(=O)c1O. The van der Waals surface area contributed by atoms with Crippen molar-refractivity contribution in [2.75, 3.05) is 19.7 Å². The summed E-state index contributed by atoms with van der Waals surface area (Å²) in [6.45, 7) is 1.12. The fourth-order valence-electron chi connectivity index (χ4n) is 4.62. The van der Waals surface area contributed by atoms with Crippen LogP contribution in [0.3, 0.4) is 0 Å². The first-order valence-electron chi connectivity index (χ1n) is 12.7. The van der Waals surface area contributed by atoms with E-state index in [0.29, 0.717) is 5.56 Å². The molecule has 1 fully saturated rings. The molecule has 1 aliphatic heterocycles. The normalized spacial score (nSPS) is 16.1. The molecular formula is C29H30F2N4O4. The highest BCUT2D eigenvalue weighted by atomic mass is 19.3. The van der Waals surface area contributed by atoms with Crippen molar-refractivity contribution in [2.24, 2.45) is 0 Å². The number of aliphatic hydroxyl groups excluding tert-OH is 1. The Kier molecular flexibility index (Phi) is 9.41. The van der Waals surface area contributed by atoms with Crippen LogP contribution in [0.5, 0.6) is 5.75 Å². The molecule has 4 N–H and O–H groups in total. The Morgan fingerprint density at radius 2 is 1.74 bits per heavy atom. The molecule has 39 heavy (non-hydrogen) atoms. The third-order valence-electron chi connectivity index (χ3n) is 6.73. The maximum Gasteiger partial charge on any atom is 0.293 e. The highest BCUT2D eigenvalue weighted by Crippen LogP contribution is 2.25. The Balaban J connectivity index is 1.43. The smallest absolute Gasteiger partial charge is 0.293 e. The molecule has 2 heterocycles. The van der Waals surface area contributed by atoms with E-state index in [4.69, 9.17) is 0 Å².